The molecule has 2 N–H and O–H groups in total. The van der Waals surface area contributed by atoms with Crippen molar-refractivity contribution >= 4 is 12.0 Å². The third-order valence-corrected chi connectivity index (χ3v) is 3.59. The molecule has 1 aliphatic carbocycles. The molecule has 2 unspecified atom stereocenters. The minimum absolute atomic E-state index is 0.118. The summed E-state index contributed by atoms with van der Waals surface area (Å²) in [5.74, 6) is -0.841. The van der Waals surface area contributed by atoms with Gasteiger partial charge >= 0.3 is 12.0 Å². The van der Waals surface area contributed by atoms with Crippen LogP contribution in [0.5, 0.6) is 0 Å². The number of carboxylic acid groups (broad SMARTS) is 1. The number of carboxylic acids is 1. The van der Waals surface area contributed by atoms with Gasteiger partial charge in [0, 0.05) is 18.6 Å². The molecule has 5 nitrogen and oxygen atoms in total. The zero-order valence-electron chi connectivity index (χ0n) is 12.3. The molecule has 5 heteroatoms. The first-order valence-corrected chi connectivity index (χ1v) is 7.12. The Kier molecular flexibility index (Phi) is 5.63. The molecule has 2 atom stereocenters. The van der Waals surface area contributed by atoms with E-state index in [1.807, 2.05) is 13.8 Å². The van der Waals surface area contributed by atoms with Crippen LogP contribution in [-0.2, 0) is 4.79 Å². The average molecular weight is 270 g/mol. The molecule has 1 aliphatic rings. The van der Waals surface area contributed by atoms with E-state index in [-0.39, 0.29) is 18.1 Å². The van der Waals surface area contributed by atoms with E-state index in [0.717, 1.165) is 12.8 Å². The lowest BCUT2D eigenvalue weighted by Gasteiger charge is -2.30. The minimum atomic E-state index is -0.803. The van der Waals surface area contributed by atoms with E-state index in [9.17, 15) is 9.59 Å². The van der Waals surface area contributed by atoms with E-state index in [1.165, 1.54) is 0 Å². The summed E-state index contributed by atoms with van der Waals surface area (Å²) in [4.78, 5) is 25.2. The molecule has 0 aromatic rings. The molecule has 1 fully saturated rings. The predicted octanol–water partition coefficient (Wildman–Crippen LogP) is 2.32. The molecule has 0 saturated heterocycles. The Balaban J connectivity index is 2.63. The Hall–Kier alpha value is -1.26. The number of carbonyl (C=O) groups is 2. The third kappa shape index (κ3) is 4.40. The van der Waals surface area contributed by atoms with Crippen LogP contribution in [0.1, 0.15) is 47.0 Å². The van der Waals surface area contributed by atoms with Gasteiger partial charge in [0.15, 0.2) is 0 Å². The minimum Gasteiger partial charge on any atom is -0.481 e. The first-order valence-electron chi connectivity index (χ1n) is 7.12. The largest absolute Gasteiger partial charge is 0.481 e. The molecular weight excluding hydrogens is 244 g/mol. The van der Waals surface area contributed by atoms with Crippen molar-refractivity contribution < 1.29 is 14.7 Å². The normalized spacial score (nSPS) is 22.8. The number of urea groups is 1. The van der Waals surface area contributed by atoms with Gasteiger partial charge in [-0.05, 0) is 32.6 Å². The average Bonchev–Trinajstić information content (AvgIpc) is 2.73. The standard InChI is InChI=1S/C14H26N2O3/c1-9(2)8-16(10(3)4)14(19)15-12-7-5-6-11(12)13(17)18/h9-12H,5-8H2,1-4H3,(H,15,19)(H,17,18). The summed E-state index contributed by atoms with van der Waals surface area (Å²) < 4.78 is 0. The van der Waals surface area contributed by atoms with Crippen molar-refractivity contribution in [3.05, 3.63) is 0 Å². The lowest BCUT2D eigenvalue weighted by molar-refractivity contribution is -0.142. The summed E-state index contributed by atoms with van der Waals surface area (Å²) in [5.41, 5.74) is 0. The summed E-state index contributed by atoms with van der Waals surface area (Å²) in [6.07, 6.45) is 2.29. The van der Waals surface area contributed by atoms with E-state index in [2.05, 4.69) is 19.2 Å². The number of amides is 2. The SMILES string of the molecule is CC(C)CN(C(=O)NC1CCCC1C(=O)O)C(C)C. The number of rotatable bonds is 5. The summed E-state index contributed by atoms with van der Waals surface area (Å²) in [6.45, 7) is 8.78. The van der Waals surface area contributed by atoms with Gasteiger partial charge in [0.25, 0.3) is 0 Å². The molecule has 0 heterocycles. The van der Waals surface area contributed by atoms with Crippen LogP contribution in [0.4, 0.5) is 4.79 Å². The van der Waals surface area contributed by atoms with Crippen LogP contribution >= 0.6 is 0 Å². The van der Waals surface area contributed by atoms with Crippen LogP contribution in [0.2, 0.25) is 0 Å². The molecule has 19 heavy (non-hydrogen) atoms. The van der Waals surface area contributed by atoms with Gasteiger partial charge in [-0.25, -0.2) is 4.79 Å². The maximum Gasteiger partial charge on any atom is 0.317 e. The predicted molar refractivity (Wildman–Crippen MR) is 74.0 cm³/mol. The fourth-order valence-electron chi connectivity index (χ4n) is 2.59. The van der Waals surface area contributed by atoms with Gasteiger partial charge in [0.2, 0.25) is 0 Å². The third-order valence-electron chi connectivity index (χ3n) is 3.59. The molecule has 0 aromatic heterocycles. The maximum atomic E-state index is 12.3. The van der Waals surface area contributed by atoms with Crippen LogP contribution in [-0.4, -0.2) is 40.6 Å². The number of hydrogen-bond acceptors (Lipinski definition) is 2. The van der Waals surface area contributed by atoms with Gasteiger partial charge in [0.1, 0.15) is 0 Å². The fourth-order valence-corrected chi connectivity index (χ4v) is 2.59. The number of nitrogens with zero attached hydrogens (tertiary/aromatic N) is 1. The first-order chi connectivity index (χ1) is 8.82. The Labute approximate surface area is 115 Å². The molecule has 2 amide bonds. The topological polar surface area (TPSA) is 69.6 Å². The van der Waals surface area contributed by atoms with Gasteiger partial charge in [-0.15, -0.1) is 0 Å². The van der Waals surface area contributed by atoms with Crippen molar-refractivity contribution in [1.82, 2.24) is 10.2 Å². The molecule has 1 saturated carbocycles. The second-order valence-electron chi connectivity index (χ2n) is 6.07. The van der Waals surface area contributed by atoms with Crippen molar-refractivity contribution in [2.24, 2.45) is 11.8 Å². The van der Waals surface area contributed by atoms with Gasteiger partial charge in [0.05, 0.1) is 5.92 Å². The highest BCUT2D eigenvalue weighted by atomic mass is 16.4. The van der Waals surface area contributed by atoms with Gasteiger partial charge in [-0.2, -0.15) is 0 Å². The van der Waals surface area contributed by atoms with Crippen LogP contribution in [0.15, 0.2) is 0 Å². The molecule has 0 spiro atoms. The molecule has 110 valence electrons. The zero-order valence-corrected chi connectivity index (χ0v) is 12.3. The van der Waals surface area contributed by atoms with E-state index >= 15 is 0 Å². The van der Waals surface area contributed by atoms with Gasteiger partial charge < -0.3 is 15.3 Å². The molecule has 0 aromatic carbocycles. The van der Waals surface area contributed by atoms with Crippen LogP contribution in [0, 0.1) is 11.8 Å². The highest BCUT2D eigenvalue weighted by molar-refractivity contribution is 5.77. The summed E-state index contributed by atoms with van der Waals surface area (Å²) in [6, 6.07) is -0.243. The molecule has 1 rings (SSSR count). The van der Waals surface area contributed by atoms with Crippen LogP contribution < -0.4 is 5.32 Å². The van der Waals surface area contributed by atoms with Crippen molar-refractivity contribution in [2.75, 3.05) is 6.54 Å². The monoisotopic (exact) mass is 270 g/mol. The number of nitrogens with one attached hydrogen (secondary N) is 1. The Morgan fingerprint density at radius 1 is 1.26 bits per heavy atom. The number of aliphatic carboxylic acids is 1. The smallest absolute Gasteiger partial charge is 0.317 e. The van der Waals surface area contributed by atoms with Crippen LogP contribution in [0.25, 0.3) is 0 Å². The maximum absolute atomic E-state index is 12.3. The number of carbonyl (C=O) groups excluding carboxylic acids is 1. The highest BCUT2D eigenvalue weighted by Crippen LogP contribution is 2.26. The fraction of sp³-hybridized carbons (Fsp3) is 0.857. The van der Waals surface area contributed by atoms with Crippen molar-refractivity contribution in [3.8, 4) is 0 Å². The Morgan fingerprint density at radius 3 is 2.37 bits per heavy atom. The van der Waals surface area contributed by atoms with E-state index in [4.69, 9.17) is 5.11 Å². The molecule has 0 radical (unpaired) electrons. The highest BCUT2D eigenvalue weighted by Gasteiger charge is 2.35. The lowest BCUT2D eigenvalue weighted by atomic mass is 10.0. The quantitative estimate of drug-likeness (QED) is 0.805. The number of hydrogen-bond donors (Lipinski definition) is 2. The molecule has 0 aliphatic heterocycles. The van der Waals surface area contributed by atoms with E-state index in [1.54, 1.807) is 4.90 Å². The van der Waals surface area contributed by atoms with Gasteiger partial charge in [-0.3, -0.25) is 4.79 Å². The Bertz CT molecular complexity index is 329. The van der Waals surface area contributed by atoms with Crippen molar-refractivity contribution in [3.63, 3.8) is 0 Å². The van der Waals surface area contributed by atoms with Gasteiger partial charge in [-0.1, -0.05) is 20.3 Å². The van der Waals surface area contributed by atoms with Crippen molar-refractivity contribution in [2.45, 2.75) is 59.0 Å². The van der Waals surface area contributed by atoms with Crippen molar-refractivity contribution in [1.29, 1.82) is 0 Å². The van der Waals surface area contributed by atoms with E-state index < -0.39 is 11.9 Å². The summed E-state index contributed by atoms with van der Waals surface area (Å²) in [5, 5.41) is 12.0. The second kappa shape index (κ2) is 6.78. The zero-order chi connectivity index (χ0) is 14.6. The Morgan fingerprint density at radius 2 is 1.89 bits per heavy atom. The summed E-state index contributed by atoms with van der Waals surface area (Å²) >= 11 is 0. The second-order valence-corrected chi connectivity index (χ2v) is 6.07. The van der Waals surface area contributed by atoms with E-state index in [0.29, 0.717) is 18.9 Å². The van der Waals surface area contributed by atoms with Crippen LogP contribution in [0.3, 0.4) is 0 Å². The summed E-state index contributed by atoms with van der Waals surface area (Å²) in [7, 11) is 0. The lowest BCUT2D eigenvalue weighted by Crippen LogP contribution is -2.50. The first kappa shape index (κ1) is 15.8. The molecular formula is C14H26N2O3. The molecule has 0 bridgehead atoms.